The third kappa shape index (κ3) is 4.08. The zero-order valence-corrected chi connectivity index (χ0v) is 16.1. The normalized spacial score (nSPS) is 14.0. The number of carbonyl (C=O) groups is 1. The molecule has 0 unspecified atom stereocenters. The number of hydrogen-bond donors (Lipinski definition) is 1. The first-order valence-corrected chi connectivity index (χ1v) is 10.5. The van der Waals surface area contributed by atoms with E-state index in [1.165, 1.54) is 28.8 Å². The number of urea groups is 1. The Hall–Kier alpha value is -2.32. The van der Waals surface area contributed by atoms with Gasteiger partial charge in [-0.25, -0.2) is 22.8 Å². The number of nitrogens with one attached hydrogen (secondary N) is 1. The van der Waals surface area contributed by atoms with E-state index in [-0.39, 0.29) is 4.90 Å². The van der Waals surface area contributed by atoms with E-state index >= 15 is 0 Å². The molecular formula is C18H19N3O3S2. The summed E-state index contributed by atoms with van der Waals surface area (Å²) >= 11 is 1.42. The molecule has 1 aliphatic rings. The van der Waals surface area contributed by atoms with Crippen molar-refractivity contribution in [2.45, 2.75) is 18.7 Å². The Morgan fingerprint density at radius 2 is 1.62 bits per heavy atom. The van der Waals surface area contributed by atoms with Crippen LogP contribution < -0.4 is 9.62 Å². The summed E-state index contributed by atoms with van der Waals surface area (Å²) in [6.45, 7) is 4.40. The third-order valence-electron chi connectivity index (χ3n) is 3.81. The fraction of sp³-hybridized carbons (Fsp3) is 0.222. The van der Waals surface area contributed by atoms with Crippen molar-refractivity contribution in [2.24, 2.45) is 4.99 Å². The molecule has 0 aromatic heterocycles. The number of sulfonamides is 1. The van der Waals surface area contributed by atoms with Gasteiger partial charge in [0, 0.05) is 5.75 Å². The molecule has 0 saturated carbocycles. The summed E-state index contributed by atoms with van der Waals surface area (Å²) in [6, 6.07) is 12.9. The minimum Gasteiger partial charge on any atom is -0.261 e. The second kappa shape index (κ2) is 7.51. The molecule has 2 amide bonds. The van der Waals surface area contributed by atoms with Gasteiger partial charge in [0.2, 0.25) is 0 Å². The molecule has 3 rings (SSSR count). The molecule has 0 aliphatic carbocycles. The van der Waals surface area contributed by atoms with Gasteiger partial charge < -0.3 is 0 Å². The van der Waals surface area contributed by atoms with Crippen molar-refractivity contribution in [3.8, 4) is 0 Å². The van der Waals surface area contributed by atoms with Gasteiger partial charge >= 0.3 is 6.03 Å². The monoisotopic (exact) mass is 389 g/mol. The number of hydrogen-bond acceptors (Lipinski definition) is 5. The molecule has 136 valence electrons. The van der Waals surface area contributed by atoms with E-state index in [2.05, 4.69) is 9.71 Å². The molecule has 6 nitrogen and oxygen atoms in total. The fourth-order valence-electron chi connectivity index (χ4n) is 2.40. The van der Waals surface area contributed by atoms with E-state index in [0.29, 0.717) is 17.4 Å². The summed E-state index contributed by atoms with van der Waals surface area (Å²) in [6.07, 6.45) is 0. The molecule has 0 spiro atoms. The van der Waals surface area contributed by atoms with E-state index < -0.39 is 16.1 Å². The molecule has 2 aromatic rings. The largest absolute Gasteiger partial charge is 0.342 e. The average molecular weight is 390 g/mol. The summed E-state index contributed by atoms with van der Waals surface area (Å²) < 4.78 is 27.3. The van der Waals surface area contributed by atoms with Crippen molar-refractivity contribution in [1.82, 2.24) is 4.72 Å². The van der Waals surface area contributed by atoms with E-state index in [1.54, 1.807) is 24.3 Å². The van der Waals surface area contributed by atoms with Gasteiger partial charge in [-0.2, -0.15) is 0 Å². The number of aryl methyl sites for hydroxylation is 2. The Kier molecular flexibility index (Phi) is 5.33. The first kappa shape index (κ1) is 18.5. The third-order valence-corrected chi connectivity index (χ3v) is 6.10. The second-order valence-corrected chi connectivity index (χ2v) is 8.65. The molecule has 0 bridgehead atoms. The summed E-state index contributed by atoms with van der Waals surface area (Å²) in [7, 11) is -3.97. The molecule has 8 heteroatoms. The van der Waals surface area contributed by atoms with E-state index in [1.807, 2.05) is 26.0 Å². The van der Waals surface area contributed by atoms with Gasteiger partial charge in [0.15, 0.2) is 5.17 Å². The van der Waals surface area contributed by atoms with Crippen LogP contribution in [-0.4, -0.2) is 31.9 Å². The summed E-state index contributed by atoms with van der Waals surface area (Å²) in [4.78, 5) is 18.5. The van der Waals surface area contributed by atoms with Crippen LogP contribution >= 0.6 is 11.8 Å². The zero-order chi connectivity index (χ0) is 18.7. The van der Waals surface area contributed by atoms with Crippen LogP contribution in [0.1, 0.15) is 11.1 Å². The topological polar surface area (TPSA) is 78.8 Å². The maximum Gasteiger partial charge on any atom is 0.342 e. The Labute approximate surface area is 157 Å². The van der Waals surface area contributed by atoms with Crippen molar-refractivity contribution in [3.63, 3.8) is 0 Å². The van der Waals surface area contributed by atoms with Crippen LogP contribution in [0.4, 0.5) is 10.5 Å². The summed E-state index contributed by atoms with van der Waals surface area (Å²) in [5.41, 5.74) is 2.55. The van der Waals surface area contributed by atoms with Crippen molar-refractivity contribution < 1.29 is 13.2 Å². The smallest absolute Gasteiger partial charge is 0.261 e. The van der Waals surface area contributed by atoms with Crippen LogP contribution in [0.25, 0.3) is 0 Å². The maximum absolute atomic E-state index is 12.8. The molecule has 0 fully saturated rings. The highest BCUT2D eigenvalue weighted by atomic mass is 32.2. The summed E-state index contributed by atoms with van der Waals surface area (Å²) in [5.74, 6) is 0.760. The van der Waals surface area contributed by atoms with Crippen molar-refractivity contribution >= 4 is 38.7 Å². The van der Waals surface area contributed by atoms with Gasteiger partial charge in [0.05, 0.1) is 17.1 Å². The highest BCUT2D eigenvalue weighted by Gasteiger charge is 2.28. The molecule has 1 N–H and O–H groups in total. The predicted molar refractivity (Wildman–Crippen MR) is 105 cm³/mol. The van der Waals surface area contributed by atoms with Crippen molar-refractivity contribution in [2.75, 3.05) is 17.2 Å². The lowest BCUT2D eigenvalue weighted by molar-refractivity contribution is 0.253. The standard InChI is InChI=1S/C18H19N3O3S2/c1-13-3-7-15(8-4-13)21(18-19-11-12-25-18)17(22)20-26(23,24)16-9-5-14(2)6-10-16/h3-10H,11-12H2,1-2H3,(H,20,22). The predicted octanol–water partition coefficient (Wildman–Crippen LogP) is 3.31. The highest BCUT2D eigenvalue weighted by molar-refractivity contribution is 8.14. The number of thioether (sulfide) groups is 1. The van der Waals surface area contributed by atoms with Crippen LogP contribution in [0, 0.1) is 13.8 Å². The molecule has 1 heterocycles. The first-order chi connectivity index (χ1) is 12.4. The number of nitrogens with zero attached hydrogens (tertiary/aromatic N) is 2. The van der Waals surface area contributed by atoms with Crippen LogP contribution in [0.5, 0.6) is 0 Å². The number of amides is 2. The lowest BCUT2D eigenvalue weighted by Crippen LogP contribution is -2.45. The first-order valence-electron chi connectivity index (χ1n) is 8.04. The van der Waals surface area contributed by atoms with Gasteiger partial charge in [-0.05, 0) is 38.1 Å². The number of aliphatic imine (C=N–C) groups is 1. The number of rotatable bonds is 3. The van der Waals surface area contributed by atoms with Gasteiger partial charge in [-0.1, -0.05) is 47.2 Å². The van der Waals surface area contributed by atoms with Crippen LogP contribution in [0.2, 0.25) is 0 Å². The van der Waals surface area contributed by atoms with Gasteiger partial charge in [-0.3, -0.25) is 4.99 Å². The number of carbonyl (C=O) groups excluding carboxylic acids is 1. The van der Waals surface area contributed by atoms with Crippen molar-refractivity contribution in [3.05, 3.63) is 59.7 Å². The molecule has 0 saturated heterocycles. The molecule has 0 radical (unpaired) electrons. The van der Waals surface area contributed by atoms with E-state index in [0.717, 1.165) is 16.9 Å². The van der Waals surface area contributed by atoms with Crippen LogP contribution in [0.15, 0.2) is 58.4 Å². The number of anilines is 1. The minimum absolute atomic E-state index is 0.0429. The van der Waals surface area contributed by atoms with Gasteiger partial charge in [-0.15, -0.1) is 0 Å². The average Bonchev–Trinajstić information content (AvgIpc) is 3.11. The Balaban J connectivity index is 1.90. The Bertz CT molecular complexity index is 937. The summed E-state index contributed by atoms with van der Waals surface area (Å²) in [5, 5.41) is 0.491. The lowest BCUT2D eigenvalue weighted by Gasteiger charge is -2.22. The molecule has 2 aromatic carbocycles. The highest BCUT2D eigenvalue weighted by Crippen LogP contribution is 2.24. The molecule has 0 atom stereocenters. The molecule has 1 aliphatic heterocycles. The SMILES string of the molecule is Cc1ccc(N(C(=O)NS(=O)(=O)c2ccc(C)cc2)C2=NCCS2)cc1. The fourth-order valence-corrected chi connectivity index (χ4v) is 4.20. The molecule has 26 heavy (non-hydrogen) atoms. The van der Waals surface area contributed by atoms with Crippen LogP contribution in [0.3, 0.4) is 0 Å². The second-order valence-electron chi connectivity index (χ2n) is 5.91. The molecular weight excluding hydrogens is 370 g/mol. The van der Waals surface area contributed by atoms with Gasteiger partial charge in [0.1, 0.15) is 0 Å². The zero-order valence-electron chi connectivity index (χ0n) is 14.5. The minimum atomic E-state index is -3.97. The number of benzene rings is 2. The van der Waals surface area contributed by atoms with E-state index in [4.69, 9.17) is 0 Å². The maximum atomic E-state index is 12.8. The van der Waals surface area contributed by atoms with Gasteiger partial charge in [0.25, 0.3) is 10.0 Å². The lowest BCUT2D eigenvalue weighted by atomic mass is 10.2. The van der Waals surface area contributed by atoms with Crippen LogP contribution in [-0.2, 0) is 10.0 Å². The Morgan fingerprint density at radius 3 is 2.15 bits per heavy atom. The Morgan fingerprint density at radius 1 is 1.04 bits per heavy atom. The quantitative estimate of drug-likeness (QED) is 0.873. The number of amidine groups is 1. The van der Waals surface area contributed by atoms with Crippen molar-refractivity contribution in [1.29, 1.82) is 0 Å². The van der Waals surface area contributed by atoms with E-state index in [9.17, 15) is 13.2 Å².